The topological polar surface area (TPSA) is 57.4 Å². The van der Waals surface area contributed by atoms with Crippen LogP contribution >= 0.6 is 0 Å². The lowest BCUT2D eigenvalue weighted by molar-refractivity contribution is -0.111. The van der Waals surface area contributed by atoms with Crippen molar-refractivity contribution in [3.8, 4) is 28.1 Å². The number of benzene rings is 2. The number of aromatic amines is 1. The maximum atomic E-state index is 11.8. The van der Waals surface area contributed by atoms with E-state index in [0.717, 1.165) is 51.5 Å². The minimum atomic E-state index is -0.217. The van der Waals surface area contributed by atoms with Crippen LogP contribution in [0.5, 0.6) is 5.75 Å². The molecule has 1 heterocycles. The molecular weight excluding hydrogens is 374 g/mol. The van der Waals surface area contributed by atoms with Crippen molar-refractivity contribution in [2.75, 3.05) is 32.6 Å². The zero-order chi connectivity index (χ0) is 21.7. The highest BCUT2D eigenvalue weighted by Crippen LogP contribution is 2.36. The van der Waals surface area contributed by atoms with E-state index < -0.39 is 0 Å². The fourth-order valence-electron chi connectivity index (χ4n) is 3.28. The van der Waals surface area contributed by atoms with Crippen LogP contribution in [-0.2, 0) is 4.79 Å². The minimum absolute atomic E-state index is 0.217. The van der Waals surface area contributed by atoms with Gasteiger partial charge in [-0.25, -0.2) is 0 Å². The second-order valence-corrected chi connectivity index (χ2v) is 7.62. The van der Waals surface area contributed by atoms with Crippen molar-refractivity contribution in [1.82, 2.24) is 9.88 Å². The van der Waals surface area contributed by atoms with Crippen LogP contribution in [0.4, 0.5) is 5.69 Å². The van der Waals surface area contributed by atoms with Gasteiger partial charge in [-0.2, -0.15) is 0 Å². The Hall–Kier alpha value is -3.31. The molecule has 0 atom stereocenters. The van der Waals surface area contributed by atoms with Crippen molar-refractivity contribution in [2.24, 2.45) is 0 Å². The first kappa shape index (κ1) is 21.4. The van der Waals surface area contributed by atoms with Crippen molar-refractivity contribution in [3.63, 3.8) is 0 Å². The molecule has 0 radical (unpaired) electrons. The van der Waals surface area contributed by atoms with Gasteiger partial charge >= 0.3 is 0 Å². The van der Waals surface area contributed by atoms with Gasteiger partial charge in [0.2, 0.25) is 5.91 Å². The summed E-state index contributed by atoms with van der Waals surface area (Å²) in [6, 6.07) is 14.2. The van der Waals surface area contributed by atoms with Crippen molar-refractivity contribution in [1.29, 1.82) is 0 Å². The van der Waals surface area contributed by atoms with Crippen LogP contribution in [0.15, 0.2) is 61.3 Å². The van der Waals surface area contributed by atoms with E-state index in [0.29, 0.717) is 6.61 Å². The fraction of sp³-hybridized carbons (Fsp3) is 0.240. The second kappa shape index (κ2) is 9.46. The monoisotopic (exact) mass is 403 g/mol. The SMILES string of the molecule is C=CC(=O)Nc1cc(-c2c(C)c[nH]c2-c2ccc(OCCN(C)C)cc2)ccc1C. The predicted octanol–water partition coefficient (Wildman–Crippen LogP) is 5.03. The van der Waals surface area contributed by atoms with Crippen LogP contribution in [0.2, 0.25) is 0 Å². The molecule has 0 saturated carbocycles. The van der Waals surface area contributed by atoms with E-state index in [-0.39, 0.29) is 5.91 Å². The zero-order valence-electron chi connectivity index (χ0n) is 18.1. The highest BCUT2D eigenvalue weighted by molar-refractivity contribution is 6.00. The standard InChI is InChI=1S/C25H29N3O2/c1-6-23(29)27-22-15-20(8-7-17(22)2)24-18(3)16-26-25(24)19-9-11-21(12-10-19)30-14-13-28(4)5/h6-12,15-16,26H,1,13-14H2,2-5H3,(H,27,29). The Balaban J connectivity index is 1.89. The van der Waals surface area contributed by atoms with E-state index in [1.54, 1.807) is 0 Å². The van der Waals surface area contributed by atoms with Gasteiger partial charge in [-0.05, 0) is 86.6 Å². The molecule has 5 nitrogen and oxygen atoms in total. The van der Waals surface area contributed by atoms with Crippen molar-refractivity contribution in [2.45, 2.75) is 13.8 Å². The molecule has 30 heavy (non-hydrogen) atoms. The molecule has 3 rings (SSSR count). The van der Waals surface area contributed by atoms with Crippen LogP contribution in [0, 0.1) is 13.8 Å². The second-order valence-electron chi connectivity index (χ2n) is 7.62. The molecule has 1 aromatic heterocycles. The highest BCUT2D eigenvalue weighted by atomic mass is 16.5. The Morgan fingerprint density at radius 2 is 1.80 bits per heavy atom. The van der Waals surface area contributed by atoms with Gasteiger partial charge < -0.3 is 19.9 Å². The van der Waals surface area contributed by atoms with E-state index in [1.165, 1.54) is 6.08 Å². The van der Waals surface area contributed by atoms with Gasteiger partial charge in [0.25, 0.3) is 0 Å². The zero-order valence-corrected chi connectivity index (χ0v) is 18.1. The summed E-state index contributed by atoms with van der Waals surface area (Å²) in [5.41, 5.74) is 7.20. The molecule has 0 aliphatic heterocycles. The summed E-state index contributed by atoms with van der Waals surface area (Å²) in [4.78, 5) is 17.3. The van der Waals surface area contributed by atoms with Crippen LogP contribution in [0.25, 0.3) is 22.4 Å². The Labute approximate surface area is 178 Å². The van der Waals surface area contributed by atoms with E-state index in [9.17, 15) is 4.79 Å². The average Bonchev–Trinajstić information content (AvgIpc) is 3.11. The summed E-state index contributed by atoms with van der Waals surface area (Å²) in [7, 11) is 4.06. The van der Waals surface area contributed by atoms with Gasteiger partial charge in [0, 0.05) is 24.0 Å². The molecule has 0 unspecified atom stereocenters. The fourth-order valence-corrected chi connectivity index (χ4v) is 3.28. The molecule has 3 aromatic rings. The average molecular weight is 404 g/mol. The molecule has 156 valence electrons. The smallest absolute Gasteiger partial charge is 0.247 e. The number of aromatic nitrogens is 1. The maximum Gasteiger partial charge on any atom is 0.247 e. The van der Waals surface area contributed by atoms with Gasteiger partial charge in [0.05, 0.1) is 5.69 Å². The van der Waals surface area contributed by atoms with Gasteiger partial charge in [-0.1, -0.05) is 18.7 Å². The summed E-state index contributed by atoms with van der Waals surface area (Å²) in [5.74, 6) is 0.640. The number of rotatable bonds is 8. The molecular formula is C25H29N3O2. The predicted molar refractivity (Wildman–Crippen MR) is 124 cm³/mol. The van der Waals surface area contributed by atoms with E-state index >= 15 is 0 Å². The number of likely N-dealkylation sites (N-methyl/N-ethyl adjacent to an activating group) is 1. The minimum Gasteiger partial charge on any atom is -0.492 e. The maximum absolute atomic E-state index is 11.8. The Bertz CT molecular complexity index is 1030. The van der Waals surface area contributed by atoms with Crippen LogP contribution in [-0.4, -0.2) is 43.0 Å². The van der Waals surface area contributed by atoms with Gasteiger partial charge in [-0.15, -0.1) is 0 Å². The summed E-state index contributed by atoms with van der Waals surface area (Å²) in [6.07, 6.45) is 3.29. The third-order valence-electron chi connectivity index (χ3n) is 5.00. The molecule has 0 bridgehead atoms. The third-order valence-corrected chi connectivity index (χ3v) is 5.00. The van der Waals surface area contributed by atoms with Crippen LogP contribution < -0.4 is 10.1 Å². The van der Waals surface area contributed by atoms with E-state index in [2.05, 4.69) is 46.9 Å². The highest BCUT2D eigenvalue weighted by Gasteiger charge is 2.14. The number of nitrogens with zero attached hydrogens (tertiary/aromatic N) is 1. The third kappa shape index (κ3) is 4.99. The lowest BCUT2D eigenvalue weighted by Crippen LogP contribution is -2.19. The largest absolute Gasteiger partial charge is 0.492 e. The molecule has 0 aliphatic rings. The number of aryl methyl sites for hydroxylation is 2. The Morgan fingerprint density at radius 1 is 1.10 bits per heavy atom. The lowest BCUT2D eigenvalue weighted by atomic mass is 9.97. The van der Waals surface area contributed by atoms with Crippen molar-refractivity contribution in [3.05, 3.63) is 72.4 Å². The molecule has 0 spiro atoms. The number of nitrogens with one attached hydrogen (secondary N) is 2. The van der Waals surface area contributed by atoms with E-state index in [1.807, 2.05) is 51.5 Å². The van der Waals surface area contributed by atoms with Gasteiger partial charge in [0.1, 0.15) is 12.4 Å². The van der Waals surface area contributed by atoms with Crippen LogP contribution in [0.3, 0.4) is 0 Å². The number of anilines is 1. The normalized spacial score (nSPS) is 10.8. The molecule has 2 aromatic carbocycles. The first-order chi connectivity index (χ1) is 14.4. The molecule has 2 N–H and O–H groups in total. The Morgan fingerprint density at radius 3 is 2.47 bits per heavy atom. The summed E-state index contributed by atoms with van der Waals surface area (Å²) >= 11 is 0. The number of amides is 1. The number of ether oxygens (including phenoxy) is 1. The number of carbonyl (C=O) groups is 1. The summed E-state index contributed by atoms with van der Waals surface area (Å²) in [6.45, 7) is 9.11. The van der Waals surface area contributed by atoms with Crippen molar-refractivity contribution < 1.29 is 9.53 Å². The molecule has 1 amide bonds. The Kier molecular flexibility index (Phi) is 6.75. The number of hydrogen-bond donors (Lipinski definition) is 2. The number of carbonyl (C=O) groups excluding carboxylic acids is 1. The molecule has 0 fully saturated rings. The molecule has 0 saturated heterocycles. The summed E-state index contributed by atoms with van der Waals surface area (Å²) < 4.78 is 5.80. The van der Waals surface area contributed by atoms with Crippen LogP contribution in [0.1, 0.15) is 11.1 Å². The quantitative estimate of drug-likeness (QED) is 0.519. The van der Waals surface area contributed by atoms with Crippen molar-refractivity contribution >= 4 is 11.6 Å². The lowest BCUT2D eigenvalue weighted by Gasteiger charge is -2.13. The first-order valence-corrected chi connectivity index (χ1v) is 9.99. The molecule has 5 heteroatoms. The number of hydrogen-bond acceptors (Lipinski definition) is 3. The number of H-pyrrole nitrogens is 1. The summed E-state index contributed by atoms with van der Waals surface area (Å²) in [5, 5.41) is 2.89. The molecule has 0 aliphatic carbocycles. The van der Waals surface area contributed by atoms with E-state index in [4.69, 9.17) is 4.74 Å². The first-order valence-electron chi connectivity index (χ1n) is 9.99. The van der Waals surface area contributed by atoms with Gasteiger partial charge in [-0.3, -0.25) is 4.79 Å². The van der Waals surface area contributed by atoms with Gasteiger partial charge in [0.15, 0.2) is 0 Å².